The normalized spacial score (nSPS) is 26.0. The summed E-state index contributed by atoms with van der Waals surface area (Å²) >= 11 is 0. The van der Waals surface area contributed by atoms with Crippen LogP contribution in [0.1, 0.15) is 43.0 Å². The Labute approximate surface area is 124 Å². The van der Waals surface area contributed by atoms with E-state index < -0.39 is 0 Å². The van der Waals surface area contributed by atoms with Gasteiger partial charge in [-0.05, 0) is 61.8 Å². The highest BCUT2D eigenvalue weighted by Crippen LogP contribution is 2.54. The van der Waals surface area contributed by atoms with Gasteiger partial charge in [0.1, 0.15) is 0 Å². The molecule has 3 rings (SSSR count). The SMILES string of the molecule is CCCOC(=O)c1ccc(NC(=O)C2CC3CC3C2)cc1. The summed E-state index contributed by atoms with van der Waals surface area (Å²) in [5, 5.41) is 2.94. The maximum absolute atomic E-state index is 12.1. The van der Waals surface area contributed by atoms with Gasteiger partial charge in [-0.25, -0.2) is 4.79 Å². The number of anilines is 1. The van der Waals surface area contributed by atoms with Crippen LogP contribution >= 0.6 is 0 Å². The van der Waals surface area contributed by atoms with Crippen molar-refractivity contribution < 1.29 is 14.3 Å². The number of esters is 1. The van der Waals surface area contributed by atoms with E-state index in [2.05, 4.69) is 5.32 Å². The zero-order valence-electron chi connectivity index (χ0n) is 12.3. The van der Waals surface area contributed by atoms with Gasteiger partial charge in [-0.15, -0.1) is 0 Å². The molecule has 0 aromatic heterocycles. The molecule has 0 aliphatic heterocycles. The van der Waals surface area contributed by atoms with E-state index in [1.165, 1.54) is 6.42 Å². The molecule has 2 fully saturated rings. The van der Waals surface area contributed by atoms with Crippen LogP contribution in [0.25, 0.3) is 0 Å². The van der Waals surface area contributed by atoms with E-state index in [1.54, 1.807) is 24.3 Å². The van der Waals surface area contributed by atoms with E-state index in [0.717, 1.165) is 36.8 Å². The van der Waals surface area contributed by atoms with Crippen molar-refractivity contribution in [1.82, 2.24) is 0 Å². The summed E-state index contributed by atoms with van der Waals surface area (Å²) in [6, 6.07) is 6.91. The second kappa shape index (κ2) is 5.88. The highest BCUT2D eigenvalue weighted by molar-refractivity contribution is 5.94. The Hall–Kier alpha value is -1.84. The van der Waals surface area contributed by atoms with Crippen molar-refractivity contribution in [2.24, 2.45) is 17.8 Å². The molecular formula is C17H21NO3. The maximum atomic E-state index is 12.1. The minimum absolute atomic E-state index is 0.114. The van der Waals surface area contributed by atoms with Crippen LogP contribution in [0.4, 0.5) is 5.69 Å². The Bertz CT molecular complexity index is 527. The summed E-state index contributed by atoms with van der Waals surface area (Å²) in [6.07, 6.45) is 4.21. The van der Waals surface area contributed by atoms with E-state index in [-0.39, 0.29) is 17.8 Å². The second-order valence-corrected chi connectivity index (χ2v) is 6.13. The van der Waals surface area contributed by atoms with Crippen LogP contribution in [0.2, 0.25) is 0 Å². The molecule has 0 radical (unpaired) electrons. The summed E-state index contributed by atoms with van der Waals surface area (Å²) in [4.78, 5) is 23.8. The molecule has 2 aliphatic carbocycles. The van der Waals surface area contributed by atoms with E-state index in [4.69, 9.17) is 4.74 Å². The van der Waals surface area contributed by atoms with Crippen LogP contribution in [0.5, 0.6) is 0 Å². The molecule has 2 unspecified atom stereocenters. The van der Waals surface area contributed by atoms with Gasteiger partial charge in [0.25, 0.3) is 0 Å². The predicted octanol–water partition coefficient (Wildman–Crippen LogP) is 3.24. The van der Waals surface area contributed by atoms with Gasteiger partial charge in [0.05, 0.1) is 12.2 Å². The molecule has 1 aromatic rings. The summed E-state index contributed by atoms with van der Waals surface area (Å²) in [5.74, 6) is 1.57. The third-order valence-electron chi connectivity index (χ3n) is 4.44. The minimum Gasteiger partial charge on any atom is -0.462 e. The molecule has 0 saturated heterocycles. The lowest BCUT2D eigenvalue weighted by atomic mass is 10.0. The van der Waals surface area contributed by atoms with Crippen LogP contribution in [-0.2, 0) is 9.53 Å². The zero-order chi connectivity index (χ0) is 14.8. The molecule has 1 amide bonds. The fraction of sp³-hybridized carbons (Fsp3) is 0.529. The number of carbonyl (C=O) groups excluding carboxylic acids is 2. The topological polar surface area (TPSA) is 55.4 Å². The molecule has 1 N–H and O–H groups in total. The fourth-order valence-electron chi connectivity index (χ4n) is 3.14. The van der Waals surface area contributed by atoms with Crippen molar-refractivity contribution in [2.45, 2.75) is 32.6 Å². The summed E-state index contributed by atoms with van der Waals surface area (Å²) in [6.45, 7) is 2.39. The van der Waals surface area contributed by atoms with Crippen LogP contribution in [0.3, 0.4) is 0 Å². The van der Waals surface area contributed by atoms with Crippen molar-refractivity contribution in [3.05, 3.63) is 29.8 Å². The zero-order valence-corrected chi connectivity index (χ0v) is 12.3. The van der Waals surface area contributed by atoms with Crippen LogP contribution < -0.4 is 5.32 Å². The summed E-state index contributed by atoms with van der Waals surface area (Å²) in [7, 11) is 0. The van der Waals surface area contributed by atoms with Gasteiger partial charge in [-0.3, -0.25) is 4.79 Å². The first kappa shape index (κ1) is 14.1. The number of rotatable bonds is 5. The number of fused-ring (bicyclic) bond motifs is 1. The number of nitrogens with one attached hydrogen (secondary N) is 1. The van der Waals surface area contributed by atoms with E-state index in [9.17, 15) is 9.59 Å². The van der Waals surface area contributed by atoms with Gasteiger partial charge < -0.3 is 10.1 Å². The Morgan fingerprint density at radius 3 is 2.43 bits per heavy atom. The lowest BCUT2D eigenvalue weighted by Crippen LogP contribution is -2.21. The minimum atomic E-state index is -0.314. The maximum Gasteiger partial charge on any atom is 0.338 e. The van der Waals surface area contributed by atoms with Crippen LogP contribution in [-0.4, -0.2) is 18.5 Å². The number of benzene rings is 1. The number of ether oxygens (including phenoxy) is 1. The van der Waals surface area contributed by atoms with Gasteiger partial charge in [-0.1, -0.05) is 6.92 Å². The molecule has 0 spiro atoms. The lowest BCUT2D eigenvalue weighted by Gasteiger charge is -2.12. The molecule has 4 heteroatoms. The first-order chi connectivity index (χ1) is 10.2. The van der Waals surface area contributed by atoms with Gasteiger partial charge in [0, 0.05) is 11.6 Å². The summed E-state index contributed by atoms with van der Waals surface area (Å²) in [5.41, 5.74) is 1.26. The molecule has 1 aromatic carbocycles. The van der Waals surface area contributed by atoms with Crippen molar-refractivity contribution in [2.75, 3.05) is 11.9 Å². The van der Waals surface area contributed by atoms with E-state index in [0.29, 0.717) is 12.2 Å². The molecule has 0 bridgehead atoms. The number of hydrogen-bond acceptors (Lipinski definition) is 3. The molecule has 2 atom stereocenters. The number of hydrogen-bond donors (Lipinski definition) is 1. The van der Waals surface area contributed by atoms with Gasteiger partial charge in [-0.2, -0.15) is 0 Å². The van der Waals surface area contributed by atoms with Crippen molar-refractivity contribution in [1.29, 1.82) is 0 Å². The average molecular weight is 287 g/mol. The molecule has 112 valence electrons. The molecule has 4 nitrogen and oxygen atoms in total. The Morgan fingerprint density at radius 2 is 1.81 bits per heavy atom. The van der Waals surface area contributed by atoms with Crippen molar-refractivity contribution >= 4 is 17.6 Å². The number of amides is 1. The highest BCUT2D eigenvalue weighted by atomic mass is 16.5. The molecule has 2 aliphatic rings. The number of carbonyl (C=O) groups is 2. The Balaban J connectivity index is 1.54. The standard InChI is InChI=1S/C17H21NO3/c1-2-7-21-17(20)11-3-5-15(6-4-11)18-16(19)14-9-12-8-13(12)10-14/h3-6,12-14H,2,7-10H2,1H3,(H,18,19). The van der Waals surface area contributed by atoms with Crippen LogP contribution in [0, 0.1) is 17.8 Å². The van der Waals surface area contributed by atoms with E-state index >= 15 is 0 Å². The smallest absolute Gasteiger partial charge is 0.338 e. The average Bonchev–Trinajstić information content (AvgIpc) is 3.11. The predicted molar refractivity (Wildman–Crippen MR) is 80.0 cm³/mol. The first-order valence-electron chi connectivity index (χ1n) is 7.75. The molecule has 21 heavy (non-hydrogen) atoms. The first-order valence-corrected chi connectivity index (χ1v) is 7.75. The fourth-order valence-corrected chi connectivity index (χ4v) is 3.14. The molecular weight excluding hydrogens is 266 g/mol. The third-order valence-corrected chi connectivity index (χ3v) is 4.44. The monoisotopic (exact) mass is 287 g/mol. The molecule has 2 saturated carbocycles. The molecule has 0 heterocycles. The van der Waals surface area contributed by atoms with Crippen LogP contribution in [0.15, 0.2) is 24.3 Å². The van der Waals surface area contributed by atoms with E-state index in [1.807, 2.05) is 6.92 Å². The second-order valence-electron chi connectivity index (χ2n) is 6.13. The summed E-state index contributed by atoms with van der Waals surface area (Å²) < 4.78 is 5.07. The third kappa shape index (κ3) is 3.26. The van der Waals surface area contributed by atoms with Crippen molar-refractivity contribution in [3.8, 4) is 0 Å². The quantitative estimate of drug-likeness (QED) is 0.846. The van der Waals surface area contributed by atoms with Crippen molar-refractivity contribution in [3.63, 3.8) is 0 Å². The van der Waals surface area contributed by atoms with Gasteiger partial charge in [0.2, 0.25) is 5.91 Å². The van der Waals surface area contributed by atoms with Gasteiger partial charge >= 0.3 is 5.97 Å². The largest absolute Gasteiger partial charge is 0.462 e. The highest BCUT2D eigenvalue weighted by Gasteiger charge is 2.47. The lowest BCUT2D eigenvalue weighted by molar-refractivity contribution is -0.120. The van der Waals surface area contributed by atoms with Gasteiger partial charge in [0.15, 0.2) is 0 Å². The Kier molecular flexibility index (Phi) is 3.95. The Morgan fingerprint density at radius 1 is 1.14 bits per heavy atom.